The topological polar surface area (TPSA) is 9.23 Å². The molecule has 0 aromatic rings. The molecule has 0 rings (SSSR count). The molecule has 0 amide bonds. The van der Waals surface area contributed by atoms with Gasteiger partial charge in [0.15, 0.2) is 8.32 Å². The Morgan fingerprint density at radius 3 is 1.21 bits per heavy atom. The highest BCUT2D eigenvalue weighted by atomic mass is 28.4. The normalized spacial score (nSPS) is 15.0. The van der Waals surface area contributed by atoms with Crippen LogP contribution in [-0.4, -0.2) is 26.8 Å². The van der Waals surface area contributed by atoms with Gasteiger partial charge in [0.1, 0.15) is 0 Å². The van der Waals surface area contributed by atoms with Crippen molar-refractivity contribution < 1.29 is 30.8 Å². The molecule has 0 bridgehead atoms. The summed E-state index contributed by atoms with van der Waals surface area (Å²) in [5, 5.41) is 0. The summed E-state index contributed by atoms with van der Waals surface area (Å²) >= 11 is 0. The Labute approximate surface area is 78.2 Å². The molecule has 0 heterocycles. The predicted octanol–water partition coefficient (Wildman–Crippen LogP) is 3.33. The molecule has 0 spiro atoms. The van der Waals surface area contributed by atoms with Crippen molar-refractivity contribution in [2.75, 3.05) is 0 Å². The van der Waals surface area contributed by atoms with Gasteiger partial charge >= 0.3 is 12.4 Å². The highest BCUT2D eigenvalue weighted by Crippen LogP contribution is 2.37. The largest absolute Gasteiger partial charge is 0.422 e. The van der Waals surface area contributed by atoms with Crippen LogP contribution < -0.4 is 0 Å². The molecule has 0 radical (unpaired) electrons. The van der Waals surface area contributed by atoms with Crippen LogP contribution in [0.5, 0.6) is 0 Å². The van der Waals surface area contributed by atoms with E-state index in [1.165, 1.54) is 19.6 Å². The van der Waals surface area contributed by atoms with Crippen LogP contribution in [0.15, 0.2) is 0 Å². The first-order chi connectivity index (χ1) is 5.84. The lowest BCUT2D eigenvalue weighted by molar-refractivity contribution is -0.302. The van der Waals surface area contributed by atoms with Crippen molar-refractivity contribution in [2.45, 2.75) is 38.1 Å². The van der Waals surface area contributed by atoms with E-state index >= 15 is 0 Å². The van der Waals surface area contributed by atoms with Crippen molar-refractivity contribution in [3.8, 4) is 0 Å². The Morgan fingerprint density at radius 1 is 0.857 bits per heavy atom. The second-order valence-corrected chi connectivity index (χ2v) is 8.15. The summed E-state index contributed by atoms with van der Waals surface area (Å²) in [5.41, 5.74) is 0. The van der Waals surface area contributed by atoms with Gasteiger partial charge in [0.2, 0.25) is 6.10 Å². The Hall–Kier alpha value is -0.243. The quantitative estimate of drug-likeness (QED) is 0.531. The van der Waals surface area contributed by atoms with E-state index in [2.05, 4.69) is 4.43 Å². The van der Waals surface area contributed by atoms with Crippen molar-refractivity contribution in [1.82, 2.24) is 0 Å². The van der Waals surface area contributed by atoms with Crippen LogP contribution in [0.1, 0.15) is 0 Å². The zero-order chi connectivity index (χ0) is 11.8. The van der Waals surface area contributed by atoms with Gasteiger partial charge in [-0.3, -0.25) is 0 Å². The fourth-order valence-corrected chi connectivity index (χ4v) is 1.65. The molecule has 0 aliphatic rings. The maximum absolute atomic E-state index is 11.9. The van der Waals surface area contributed by atoms with E-state index in [1.54, 1.807) is 0 Å². The first kappa shape index (κ1) is 13.8. The van der Waals surface area contributed by atoms with E-state index in [4.69, 9.17) is 0 Å². The van der Waals surface area contributed by atoms with E-state index in [9.17, 15) is 26.3 Å². The van der Waals surface area contributed by atoms with E-state index < -0.39 is 26.8 Å². The van der Waals surface area contributed by atoms with Gasteiger partial charge in [0.05, 0.1) is 0 Å². The molecule has 0 aliphatic heterocycles. The van der Waals surface area contributed by atoms with Crippen molar-refractivity contribution in [3.63, 3.8) is 0 Å². The molecule has 0 saturated heterocycles. The molecule has 1 nitrogen and oxygen atoms in total. The molecule has 0 atom stereocenters. The summed E-state index contributed by atoms with van der Waals surface area (Å²) in [5.74, 6) is 0. The van der Waals surface area contributed by atoms with Crippen LogP contribution in [0.3, 0.4) is 0 Å². The molecule has 86 valence electrons. The predicted molar refractivity (Wildman–Crippen MR) is 40.3 cm³/mol. The molecule has 0 aromatic carbocycles. The second-order valence-electron chi connectivity index (χ2n) is 3.69. The molecule has 0 aliphatic carbocycles. The molecule has 0 unspecified atom stereocenters. The van der Waals surface area contributed by atoms with Crippen LogP contribution in [0.4, 0.5) is 26.3 Å². The van der Waals surface area contributed by atoms with E-state index in [1.807, 2.05) is 0 Å². The molecule has 0 N–H and O–H groups in total. The third kappa shape index (κ3) is 4.84. The third-order valence-electron chi connectivity index (χ3n) is 1.07. The van der Waals surface area contributed by atoms with Crippen LogP contribution in [0.25, 0.3) is 0 Å². The Balaban J connectivity index is 4.78. The summed E-state index contributed by atoms with van der Waals surface area (Å²) in [6, 6.07) is 0. The SMILES string of the molecule is C[Si](C)(C)OC(C(F)(F)F)C(F)(F)F. The average Bonchev–Trinajstić information content (AvgIpc) is 1.75. The number of alkyl halides is 6. The van der Waals surface area contributed by atoms with Crippen molar-refractivity contribution in [3.05, 3.63) is 0 Å². The van der Waals surface area contributed by atoms with Crippen LogP contribution >= 0.6 is 0 Å². The van der Waals surface area contributed by atoms with E-state index in [0.717, 1.165) is 0 Å². The van der Waals surface area contributed by atoms with Gasteiger partial charge in [-0.15, -0.1) is 0 Å². The third-order valence-corrected chi connectivity index (χ3v) is 2.01. The standard InChI is InChI=1S/C6H10F6OSi/c1-14(2,3)13-4(5(7,8)9)6(10,11)12/h4H,1-3H3. The number of hydrogen-bond donors (Lipinski definition) is 0. The Morgan fingerprint density at radius 2 is 1.14 bits per heavy atom. The monoisotopic (exact) mass is 240 g/mol. The van der Waals surface area contributed by atoms with E-state index in [-0.39, 0.29) is 0 Å². The lowest BCUT2D eigenvalue weighted by Crippen LogP contribution is -2.49. The fraction of sp³-hybridized carbons (Fsp3) is 1.00. The molecule has 14 heavy (non-hydrogen) atoms. The molecular formula is C6H10F6OSi. The zero-order valence-corrected chi connectivity index (χ0v) is 8.75. The van der Waals surface area contributed by atoms with Crippen LogP contribution in [0.2, 0.25) is 19.6 Å². The number of halogens is 6. The minimum absolute atomic E-state index is 1.26. The first-order valence-corrected chi connectivity index (χ1v) is 7.06. The highest BCUT2D eigenvalue weighted by Gasteiger charge is 2.58. The van der Waals surface area contributed by atoms with E-state index in [0.29, 0.717) is 0 Å². The first-order valence-electron chi connectivity index (χ1n) is 3.65. The van der Waals surface area contributed by atoms with Gasteiger partial charge in [-0.2, -0.15) is 26.3 Å². The average molecular weight is 240 g/mol. The molecule has 0 aromatic heterocycles. The molecule has 0 saturated carbocycles. The Bertz CT molecular complexity index is 176. The van der Waals surface area contributed by atoms with Gasteiger partial charge in [-0.05, 0) is 19.6 Å². The van der Waals surface area contributed by atoms with Gasteiger partial charge in [0.25, 0.3) is 0 Å². The van der Waals surface area contributed by atoms with Crippen molar-refractivity contribution in [1.29, 1.82) is 0 Å². The molecule has 8 heteroatoms. The highest BCUT2D eigenvalue weighted by molar-refractivity contribution is 6.69. The smallest absolute Gasteiger partial charge is 0.399 e. The minimum atomic E-state index is -5.40. The Kier molecular flexibility index (Phi) is 3.66. The zero-order valence-electron chi connectivity index (χ0n) is 7.75. The maximum atomic E-state index is 11.9. The summed E-state index contributed by atoms with van der Waals surface area (Å²) < 4.78 is 75.6. The van der Waals surface area contributed by atoms with Crippen LogP contribution in [-0.2, 0) is 4.43 Å². The number of hydrogen-bond acceptors (Lipinski definition) is 1. The fourth-order valence-electron chi connectivity index (χ4n) is 0.673. The lowest BCUT2D eigenvalue weighted by atomic mass is 10.3. The maximum Gasteiger partial charge on any atom is 0.422 e. The van der Waals surface area contributed by atoms with Crippen LogP contribution in [0, 0.1) is 0 Å². The summed E-state index contributed by atoms with van der Waals surface area (Å²) in [6.45, 7) is 3.78. The number of rotatable bonds is 2. The summed E-state index contributed by atoms with van der Waals surface area (Å²) in [4.78, 5) is 0. The van der Waals surface area contributed by atoms with Gasteiger partial charge < -0.3 is 4.43 Å². The minimum Gasteiger partial charge on any atom is -0.399 e. The van der Waals surface area contributed by atoms with Gasteiger partial charge in [-0.1, -0.05) is 0 Å². The van der Waals surface area contributed by atoms with Gasteiger partial charge in [0, 0.05) is 0 Å². The summed E-state index contributed by atoms with van der Waals surface area (Å²) in [7, 11) is -2.88. The molecular weight excluding hydrogens is 230 g/mol. The summed E-state index contributed by atoms with van der Waals surface area (Å²) in [6.07, 6.45) is -14.5. The molecule has 0 fully saturated rings. The second kappa shape index (κ2) is 3.73. The van der Waals surface area contributed by atoms with Crippen molar-refractivity contribution >= 4 is 8.32 Å². The lowest BCUT2D eigenvalue weighted by Gasteiger charge is -2.29. The van der Waals surface area contributed by atoms with Crippen molar-refractivity contribution in [2.24, 2.45) is 0 Å². The van der Waals surface area contributed by atoms with Gasteiger partial charge in [-0.25, -0.2) is 0 Å².